The number of para-hydroxylation sites is 1. The van der Waals surface area contributed by atoms with E-state index in [0.717, 1.165) is 52.0 Å². The van der Waals surface area contributed by atoms with Crippen molar-refractivity contribution in [3.63, 3.8) is 0 Å². The van der Waals surface area contributed by atoms with Crippen LogP contribution in [0, 0.1) is 0 Å². The first-order valence-corrected chi connectivity index (χ1v) is 11.2. The second-order valence-corrected chi connectivity index (χ2v) is 8.02. The predicted octanol–water partition coefficient (Wildman–Crippen LogP) is 4.57. The molecule has 1 N–H and O–H groups in total. The van der Waals surface area contributed by atoms with E-state index in [2.05, 4.69) is 6.07 Å². The largest absolute Gasteiger partial charge is 0.497 e. The maximum absolute atomic E-state index is 12.3. The standard InChI is InChI=1S/C25H30N4O4/c1-4-28(31)25(30)27-15-13-18(14-16-27)22-17-23(21-7-5-6-8-24(21)33-3)29(26-22)19-9-11-20(32-2)12-10-19/h5-12,17-18,31H,4,13-16H2,1-3H3. The van der Waals surface area contributed by atoms with Gasteiger partial charge in [0.25, 0.3) is 0 Å². The highest BCUT2D eigenvalue weighted by molar-refractivity contribution is 5.73. The number of benzene rings is 2. The van der Waals surface area contributed by atoms with Crippen molar-refractivity contribution in [3.8, 4) is 28.4 Å². The highest BCUT2D eigenvalue weighted by Gasteiger charge is 2.28. The average Bonchev–Trinajstić information content (AvgIpc) is 3.33. The fraction of sp³-hybridized carbons (Fsp3) is 0.360. The third-order valence-electron chi connectivity index (χ3n) is 6.13. The van der Waals surface area contributed by atoms with Crippen LogP contribution in [-0.2, 0) is 0 Å². The van der Waals surface area contributed by atoms with Crippen LogP contribution in [0.1, 0.15) is 31.4 Å². The van der Waals surface area contributed by atoms with Gasteiger partial charge in [0.1, 0.15) is 11.5 Å². The van der Waals surface area contributed by atoms with E-state index >= 15 is 0 Å². The minimum atomic E-state index is -0.338. The van der Waals surface area contributed by atoms with Crippen molar-refractivity contribution >= 4 is 6.03 Å². The first-order valence-electron chi connectivity index (χ1n) is 11.2. The number of nitrogens with zero attached hydrogens (tertiary/aromatic N) is 4. The summed E-state index contributed by atoms with van der Waals surface area (Å²) in [7, 11) is 3.32. The molecule has 0 aliphatic carbocycles. The lowest BCUT2D eigenvalue weighted by Gasteiger charge is -2.32. The molecule has 8 nitrogen and oxygen atoms in total. The molecule has 33 heavy (non-hydrogen) atoms. The Morgan fingerprint density at radius 2 is 1.79 bits per heavy atom. The van der Waals surface area contributed by atoms with E-state index in [0.29, 0.717) is 13.1 Å². The number of hydroxylamine groups is 2. The topological polar surface area (TPSA) is 80.1 Å². The van der Waals surface area contributed by atoms with E-state index < -0.39 is 0 Å². The summed E-state index contributed by atoms with van der Waals surface area (Å²) in [5.41, 5.74) is 3.81. The van der Waals surface area contributed by atoms with Crippen LogP contribution in [0.3, 0.4) is 0 Å². The fourth-order valence-corrected chi connectivity index (χ4v) is 4.23. The molecule has 1 aliphatic rings. The number of amides is 2. The Bertz CT molecular complexity index is 1090. The van der Waals surface area contributed by atoms with Gasteiger partial charge in [0.2, 0.25) is 0 Å². The van der Waals surface area contributed by atoms with Crippen molar-refractivity contribution in [2.24, 2.45) is 0 Å². The SMILES string of the molecule is CCN(O)C(=O)N1CCC(c2cc(-c3ccccc3OC)n(-c3ccc(OC)cc3)n2)CC1. The molecule has 8 heteroatoms. The molecule has 0 bridgehead atoms. The highest BCUT2D eigenvalue weighted by Crippen LogP contribution is 2.36. The molecule has 0 unspecified atom stereocenters. The molecule has 0 spiro atoms. The van der Waals surface area contributed by atoms with Gasteiger partial charge in [-0.25, -0.2) is 14.5 Å². The number of ether oxygens (including phenoxy) is 2. The molecule has 0 saturated carbocycles. The second kappa shape index (κ2) is 9.95. The van der Waals surface area contributed by atoms with Gasteiger partial charge < -0.3 is 14.4 Å². The van der Waals surface area contributed by atoms with E-state index in [4.69, 9.17) is 14.6 Å². The van der Waals surface area contributed by atoms with E-state index in [1.807, 2.05) is 53.2 Å². The number of methoxy groups -OCH3 is 2. The molecule has 2 heterocycles. The Hall–Kier alpha value is -3.52. The third-order valence-corrected chi connectivity index (χ3v) is 6.13. The van der Waals surface area contributed by atoms with Crippen LogP contribution in [0.25, 0.3) is 16.9 Å². The van der Waals surface area contributed by atoms with Gasteiger partial charge in [-0.15, -0.1) is 0 Å². The lowest BCUT2D eigenvalue weighted by Crippen LogP contribution is -2.45. The summed E-state index contributed by atoms with van der Waals surface area (Å²) in [6, 6.07) is 17.5. The minimum absolute atomic E-state index is 0.218. The molecule has 1 aromatic heterocycles. The number of carbonyl (C=O) groups is 1. The van der Waals surface area contributed by atoms with Crippen LogP contribution in [0.4, 0.5) is 4.79 Å². The van der Waals surface area contributed by atoms with Crippen molar-refractivity contribution in [2.75, 3.05) is 33.9 Å². The van der Waals surface area contributed by atoms with E-state index in [1.165, 1.54) is 0 Å². The molecule has 1 aliphatic heterocycles. The molecule has 2 aromatic carbocycles. The number of urea groups is 1. The lowest BCUT2D eigenvalue weighted by atomic mass is 9.93. The van der Waals surface area contributed by atoms with Gasteiger partial charge in [-0.1, -0.05) is 12.1 Å². The quantitative estimate of drug-likeness (QED) is 0.440. The molecule has 3 aromatic rings. The smallest absolute Gasteiger partial charge is 0.343 e. The van der Waals surface area contributed by atoms with Gasteiger partial charge >= 0.3 is 6.03 Å². The normalized spacial score (nSPS) is 14.2. The summed E-state index contributed by atoms with van der Waals surface area (Å²) in [5, 5.41) is 15.5. The summed E-state index contributed by atoms with van der Waals surface area (Å²) in [4.78, 5) is 14.0. The highest BCUT2D eigenvalue weighted by atomic mass is 16.5. The van der Waals surface area contributed by atoms with Crippen molar-refractivity contribution in [1.29, 1.82) is 0 Å². The first-order chi connectivity index (χ1) is 16.0. The molecule has 1 saturated heterocycles. The number of carbonyl (C=O) groups excluding carboxylic acids is 1. The van der Waals surface area contributed by atoms with Crippen LogP contribution in [0.5, 0.6) is 11.5 Å². The maximum Gasteiger partial charge on any atom is 0.343 e. The van der Waals surface area contributed by atoms with Crippen molar-refractivity contribution in [1.82, 2.24) is 19.7 Å². The molecule has 0 radical (unpaired) electrons. The van der Waals surface area contributed by atoms with Gasteiger partial charge in [-0.2, -0.15) is 5.10 Å². The molecule has 1 fully saturated rings. The Morgan fingerprint density at radius 1 is 1.09 bits per heavy atom. The molecule has 0 atom stereocenters. The monoisotopic (exact) mass is 450 g/mol. The number of aromatic nitrogens is 2. The molecular weight excluding hydrogens is 420 g/mol. The maximum atomic E-state index is 12.3. The van der Waals surface area contributed by atoms with E-state index in [1.54, 1.807) is 26.0 Å². The van der Waals surface area contributed by atoms with Gasteiger partial charge in [-0.3, -0.25) is 5.21 Å². The van der Waals surface area contributed by atoms with Gasteiger partial charge in [0, 0.05) is 31.1 Å². The number of piperidine rings is 1. The molecule has 2 amide bonds. The second-order valence-electron chi connectivity index (χ2n) is 8.02. The predicted molar refractivity (Wildman–Crippen MR) is 125 cm³/mol. The number of likely N-dealkylation sites (tertiary alicyclic amines) is 1. The van der Waals surface area contributed by atoms with Crippen molar-refractivity contribution in [3.05, 3.63) is 60.3 Å². The third kappa shape index (κ3) is 4.66. The van der Waals surface area contributed by atoms with E-state index in [9.17, 15) is 10.0 Å². The molecule has 174 valence electrons. The van der Waals surface area contributed by atoms with Crippen LogP contribution in [0.15, 0.2) is 54.6 Å². The van der Waals surface area contributed by atoms with Crippen molar-refractivity contribution < 1.29 is 19.5 Å². The Labute approximate surface area is 193 Å². The zero-order valence-electron chi connectivity index (χ0n) is 19.3. The number of rotatable bonds is 6. The minimum Gasteiger partial charge on any atom is -0.497 e. The fourth-order valence-electron chi connectivity index (χ4n) is 4.23. The number of hydrogen-bond acceptors (Lipinski definition) is 5. The summed E-state index contributed by atoms with van der Waals surface area (Å²) >= 11 is 0. The average molecular weight is 451 g/mol. The van der Waals surface area contributed by atoms with Crippen LogP contribution >= 0.6 is 0 Å². The number of hydrogen-bond donors (Lipinski definition) is 1. The van der Waals surface area contributed by atoms with Gasteiger partial charge in [0.15, 0.2) is 0 Å². The summed E-state index contributed by atoms with van der Waals surface area (Å²) in [6.45, 7) is 3.18. The van der Waals surface area contributed by atoms with E-state index in [-0.39, 0.29) is 18.5 Å². The van der Waals surface area contributed by atoms with Crippen LogP contribution < -0.4 is 9.47 Å². The Morgan fingerprint density at radius 3 is 2.42 bits per heavy atom. The van der Waals surface area contributed by atoms with Gasteiger partial charge in [-0.05, 0) is 62.2 Å². The Kier molecular flexibility index (Phi) is 6.84. The van der Waals surface area contributed by atoms with Gasteiger partial charge in [0.05, 0.1) is 31.3 Å². The summed E-state index contributed by atoms with van der Waals surface area (Å²) < 4.78 is 12.9. The zero-order chi connectivity index (χ0) is 23.4. The summed E-state index contributed by atoms with van der Waals surface area (Å²) in [5.74, 6) is 1.78. The lowest BCUT2D eigenvalue weighted by molar-refractivity contribution is -0.0542. The van der Waals surface area contributed by atoms with Crippen LogP contribution in [0.2, 0.25) is 0 Å². The zero-order valence-corrected chi connectivity index (χ0v) is 19.3. The first kappa shape index (κ1) is 22.7. The molecular formula is C25H30N4O4. The van der Waals surface area contributed by atoms with Crippen LogP contribution in [-0.4, -0.2) is 64.8 Å². The Balaban J connectivity index is 1.66. The van der Waals surface area contributed by atoms with Crippen molar-refractivity contribution in [2.45, 2.75) is 25.7 Å². The summed E-state index contributed by atoms with van der Waals surface area (Å²) in [6.07, 6.45) is 1.57. The molecule has 4 rings (SSSR count).